The van der Waals surface area contributed by atoms with Gasteiger partial charge in [-0.2, -0.15) is 13.2 Å². The maximum Gasteiger partial charge on any atom is 0.490 e. The molecule has 2 rings (SSSR count). The van der Waals surface area contributed by atoms with Crippen molar-refractivity contribution in [1.29, 1.82) is 0 Å². The van der Waals surface area contributed by atoms with Crippen LogP contribution in [0.4, 0.5) is 13.2 Å². The summed E-state index contributed by atoms with van der Waals surface area (Å²) in [7, 11) is 0. The molecule has 1 aliphatic heterocycles. The number of carboxylic acids is 1. The van der Waals surface area contributed by atoms with Gasteiger partial charge in [0.15, 0.2) is 0 Å². The summed E-state index contributed by atoms with van der Waals surface area (Å²) < 4.78 is 31.7. The lowest BCUT2D eigenvalue weighted by Crippen LogP contribution is -2.39. The van der Waals surface area contributed by atoms with Crippen LogP contribution in [0.15, 0.2) is 24.3 Å². The number of halogens is 4. The monoisotopic (exact) mass is 297 g/mol. The number of aliphatic carboxylic acids is 1. The SMILES string of the molecule is Clc1ccc(ON2CCC2)cc1.O=C(O)C(F)(F)F. The first-order chi connectivity index (χ1) is 8.79. The molecule has 0 aliphatic carbocycles. The second-order valence-corrected chi connectivity index (χ2v) is 4.07. The van der Waals surface area contributed by atoms with Gasteiger partial charge in [0.25, 0.3) is 0 Å². The third-order valence-electron chi connectivity index (χ3n) is 2.11. The normalized spacial score (nSPS) is 14.9. The van der Waals surface area contributed by atoms with E-state index in [2.05, 4.69) is 0 Å². The van der Waals surface area contributed by atoms with Crippen molar-refractivity contribution >= 4 is 17.6 Å². The second-order valence-electron chi connectivity index (χ2n) is 3.63. The van der Waals surface area contributed by atoms with E-state index in [4.69, 9.17) is 26.3 Å². The summed E-state index contributed by atoms with van der Waals surface area (Å²) in [4.78, 5) is 14.4. The topological polar surface area (TPSA) is 49.8 Å². The molecule has 0 bridgehead atoms. The van der Waals surface area contributed by atoms with E-state index in [1.165, 1.54) is 6.42 Å². The van der Waals surface area contributed by atoms with Gasteiger partial charge in [-0.3, -0.25) is 0 Å². The number of rotatable bonds is 2. The fourth-order valence-electron chi connectivity index (χ4n) is 1.02. The van der Waals surface area contributed by atoms with Crippen LogP contribution < -0.4 is 4.84 Å². The quantitative estimate of drug-likeness (QED) is 0.912. The molecule has 0 spiro atoms. The van der Waals surface area contributed by atoms with Crippen molar-refractivity contribution in [3.05, 3.63) is 29.3 Å². The summed E-state index contributed by atoms with van der Waals surface area (Å²) in [6.07, 6.45) is -3.85. The molecular weight excluding hydrogens is 287 g/mol. The molecule has 1 heterocycles. The van der Waals surface area contributed by atoms with Crippen molar-refractivity contribution < 1.29 is 27.9 Å². The lowest BCUT2D eigenvalue weighted by atomic mass is 10.3. The highest BCUT2D eigenvalue weighted by Gasteiger charge is 2.38. The lowest BCUT2D eigenvalue weighted by molar-refractivity contribution is -0.192. The summed E-state index contributed by atoms with van der Waals surface area (Å²) in [6, 6.07) is 7.41. The Kier molecular flexibility index (Phi) is 5.44. The molecule has 1 fully saturated rings. The average molecular weight is 298 g/mol. The number of hydroxylamine groups is 2. The fourth-order valence-corrected chi connectivity index (χ4v) is 1.15. The number of alkyl halides is 3. The molecule has 0 atom stereocenters. The summed E-state index contributed by atoms with van der Waals surface area (Å²) >= 11 is 5.73. The van der Waals surface area contributed by atoms with Crippen LogP contribution in [-0.4, -0.2) is 35.4 Å². The van der Waals surface area contributed by atoms with E-state index in [0.29, 0.717) is 0 Å². The number of carboxylic acid groups (broad SMARTS) is 1. The van der Waals surface area contributed by atoms with E-state index >= 15 is 0 Å². The van der Waals surface area contributed by atoms with Gasteiger partial charge in [0, 0.05) is 18.1 Å². The average Bonchev–Trinajstić information content (AvgIpc) is 2.25. The van der Waals surface area contributed by atoms with Gasteiger partial charge in [0.05, 0.1) is 0 Å². The fraction of sp³-hybridized carbons (Fsp3) is 0.364. The van der Waals surface area contributed by atoms with Crippen LogP contribution >= 0.6 is 11.6 Å². The zero-order valence-electron chi connectivity index (χ0n) is 9.65. The first-order valence-corrected chi connectivity index (χ1v) is 5.65. The Morgan fingerprint density at radius 3 is 2.05 bits per heavy atom. The van der Waals surface area contributed by atoms with E-state index in [1.54, 1.807) is 0 Å². The van der Waals surface area contributed by atoms with Gasteiger partial charge in [0.1, 0.15) is 5.75 Å². The smallest absolute Gasteiger partial charge is 0.475 e. The zero-order valence-corrected chi connectivity index (χ0v) is 10.4. The van der Waals surface area contributed by atoms with E-state index < -0.39 is 12.1 Å². The number of carbonyl (C=O) groups is 1. The zero-order chi connectivity index (χ0) is 14.5. The molecule has 0 aromatic heterocycles. The number of hydrogen-bond acceptors (Lipinski definition) is 3. The molecule has 4 nitrogen and oxygen atoms in total. The Hall–Kier alpha value is -1.47. The number of hydrogen-bond donors (Lipinski definition) is 1. The summed E-state index contributed by atoms with van der Waals surface area (Å²) in [5.41, 5.74) is 0. The van der Waals surface area contributed by atoms with Crippen LogP contribution in [0.1, 0.15) is 6.42 Å². The van der Waals surface area contributed by atoms with E-state index in [-0.39, 0.29) is 0 Å². The number of benzene rings is 1. The van der Waals surface area contributed by atoms with Gasteiger partial charge in [-0.25, -0.2) is 4.79 Å². The van der Waals surface area contributed by atoms with E-state index in [1.807, 2.05) is 29.3 Å². The molecule has 0 unspecified atom stereocenters. The molecular formula is C11H11ClF3NO3. The van der Waals surface area contributed by atoms with Crippen molar-refractivity contribution in [2.45, 2.75) is 12.6 Å². The molecule has 1 aromatic rings. The number of nitrogens with zero attached hydrogens (tertiary/aromatic N) is 1. The largest absolute Gasteiger partial charge is 0.490 e. The van der Waals surface area contributed by atoms with Crippen LogP contribution in [0.5, 0.6) is 5.75 Å². The van der Waals surface area contributed by atoms with Gasteiger partial charge in [-0.1, -0.05) is 11.6 Å². The maximum absolute atomic E-state index is 10.6. The van der Waals surface area contributed by atoms with E-state index in [9.17, 15) is 13.2 Å². The van der Waals surface area contributed by atoms with Crippen LogP contribution in [0.25, 0.3) is 0 Å². The highest BCUT2D eigenvalue weighted by Crippen LogP contribution is 2.18. The molecule has 0 saturated carbocycles. The third-order valence-corrected chi connectivity index (χ3v) is 2.36. The van der Waals surface area contributed by atoms with Crippen LogP contribution in [0.2, 0.25) is 5.02 Å². The summed E-state index contributed by atoms with van der Waals surface area (Å²) in [6.45, 7) is 2.06. The molecule has 1 saturated heterocycles. The Morgan fingerprint density at radius 1 is 1.26 bits per heavy atom. The molecule has 8 heteroatoms. The van der Waals surface area contributed by atoms with Crippen LogP contribution in [-0.2, 0) is 4.79 Å². The summed E-state index contributed by atoms with van der Waals surface area (Å²) in [5.74, 6) is -1.90. The molecule has 1 aliphatic rings. The molecule has 1 N–H and O–H groups in total. The van der Waals surface area contributed by atoms with Crippen molar-refractivity contribution in [3.8, 4) is 5.75 Å². The molecule has 0 radical (unpaired) electrons. The Labute approximate surface area is 112 Å². The van der Waals surface area contributed by atoms with Crippen LogP contribution in [0.3, 0.4) is 0 Å². The Bertz CT molecular complexity index is 418. The van der Waals surface area contributed by atoms with Gasteiger partial charge >= 0.3 is 12.1 Å². The van der Waals surface area contributed by atoms with Gasteiger partial charge in [-0.05, 0) is 30.7 Å². The van der Waals surface area contributed by atoms with Gasteiger partial charge in [-0.15, -0.1) is 5.06 Å². The third kappa shape index (κ3) is 5.80. The second kappa shape index (κ2) is 6.63. The highest BCUT2D eigenvalue weighted by molar-refractivity contribution is 6.30. The molecule has 0 amide bonds. The Morgan fingerprint density at radius 2 is 1.74 bits per heavy atom. The van der Waals surface area contributed by atoms with E-state index in [0.717, 1.165) is 23.9 Å². The maximum atomic E-state index is 10.6. The standard InChI is InChI=1S/C9H10ClNO.C2HF3O2/c10-8-2-4-9(5-3-8)12-11-6-1-7-11;3-2(4,5)1(6)7/h2-5H,1,6-7H2;(H,6,7). The first kappa shape index (κ1) is 15.6. The lowest BCUT2D eigenvalue weighted by Gasteiger charge is -2.29. The minimum atomic E-state index is -5.08. The van der Waals surface area contributed by atoms with Crippen molar-refractivity contribution in [2.24, 2.45) is 0 Å². The highest BCUT2D eigenvalue weighted by atomic mass is 35.5. The Balaban J connectivity index is 0.000000224. The van der Waals surface area contributed by atoms with Crippen molar-refractivity contribution in [3.63, 3.8) is 0 Å². The van der Waals surface area contributed by atoms with Gasteiger partial charge in [0.2, 0.25) is 0 Å². The minimum absolute atomic E-state index is 0.742. The predicted molar refractivity (Wildman–Crippen MR) is 62.0 cm³/mol. The first-order valence-electron chi connectivity index (χ1n) is 5.27. The summed E-state index contributed by atoms with van der Waals surface area (Å²) in [5, 5.41) is 9.80. The van der Waals surface area contributed by atoms with Crippen LogP contribution in [0, 0.1) is 0 Å². The van der Waals surface area contributed by atoms with Gasteiger partial charge < -0.3 is 9.94 Å². The van der Waals surface area contributed by atoms with Crippen molar-refractivity contribution in [1.82, 2.24) is 5.06 Å². The minimum Gasteiger partial charge on any atom is -0.475 e. The predicted octanol–water partition coefficient (Wildman–Crippen LogP) is 2.97. The molecule has 106 valence electrons. The molecule has 1 aromatic carbocycles. The van der Waals surface area contributed by atoms with Crippen molar-refractivity contribution in [2.75, 3.05) is 13.1 Å². The molecule has 19 heavy (non-hydrogen) atoms.